The van der Waals surface area contributed by atoms with Gasteiger partial charge in [-0.1, -0.05) is 23.2 Å². The molecule has 1 amide bonds. The summed E-state index contributed by atoms with van der Waals surface area (Å²) in [5.74, 6) is 0.0417. The molecule has 1 aliphatic rings. The predicted octanol–water partition coefficient (Wildman–Crippen LogP) is 4.40. The maximum atomic E-state index is 12.6. The molecule has 0 aliphatic carbocycles. The number of methoxy groups -OCH3 is 1. The third-order valence-electron chi connectivity index (χ3n) is 3.46. The Morgan fingerprint density at radius 3 is 2.36 bits per heavy atom. The number of thiocarbonyl (C=S) groups is 1. The molecule has 128 valence electrons. The highest BCUT2D eigenvalue weighted by molar-refractivity contribution is 7.80. The zero-order valence-corrected chi connectivity index (χ0v) is 15.2. The van der Waals surface area contributed by atoms with Gasteiger partial charge in [0.05, 0.1) is 22.8 Å². The number of amides is 1. The molecule has 0 atom stereocenters. The summed E-state index contributed by atoms with van der Waals surface area (Å²) in [6.07, 6.45) is 1.45. The number of hydrogen-bond acceptors (Lipinski definition) is 5. The van der Waals surface area contributed by atoms with E-state index in [1.807, 2.05) is 0 Å². The van der Waals surface area contributed by atoms with Crippen LogP contribution in [0.25, 0.3) is 6.08 Å². The van der Waals surface area contributed by atoms with Crippen LogP contribution in [0.1, 0.15) is 5.56 Å². The minimum absolute atomic E-state index is 0.0115. The van der Waals surface area contributed by atoms with Crippen molar-refractivity contribution in [1.29, 1.82) is 0 Å². The zero-order valence-electron chi connectivity index (χ0n) is 12.8. The molecule has 0 radical (unpaired) electrons. The van der Waals surface area contributed by atoms with Crippen LogP contribution in [0.2, 0.25) is 10.0 Å². The molecule has 25 heavy (non-hydrogen) atoms. The summed E-state index contributed by atoms with van der Waals surface area (Å²) in [5.41, 5.74) is 1.05. The number of carbonyl (C=O) groups excluding carboxylic acids is 1. The Labute approximate surface area is 159 Å². The Hall–Kier alpha value is -2.28. The number of hydrogen-bond donors (Lipinski definition) is 1. The fraction of sp³-hybridized carbons (Fsp3) is 0.0588. The molecular weight excluding hydrogens is 385 g/mol. The lowest BCUT2D eigenvalue weighted by Crippen LogP contribution is -2.27. The van der Waals surface area contributed by atoms with E-state index in [0.717, 1.165) is 0 Å². The minimum atomic E-state index is -0.421. The number of halogens is 2. The zero-order chi connectivity index (χ0) is 18.1. The highest BCUT2D eigenvalue weighted by Crippen LogP contribution is 2.34. The van der Waals surface area contributed by atoms with E-state index < -0.39 is 5.91 Å². The van der Waals surface area contributed by atoms with Gasteiger partial charge in [-0.2, -0.15) is 0 Å². The van der Waals surface area contributed by atoms with Crippen LogP contribution in [-0.4, -0.2) is 23.3 Å². The van der Waals surface area contributed by atoms with E-state index in [1.54, 1.807) is 31.4 Å². The number of nitrogens with zero attached hydrogens (tertiary/aromatic N) is 1. The van der Waals surface area contributed by atoms with Crippen molar-refractivity contribution in [2.75, 3.05) is 12.0 Å². The number of ether oxygens (including phenoxy) is 2. The van der Waals surface area contributed by atoms with Gasteiger partial charge < -0.3 is 14.6 Å². The molecule has 5 nitrogen and oxygen atoms in total. The lowest BCUT2D eigenvalue weighted by atomic mass is 10.2. The molecule has 0 aromatic heterocycles. The highest BCUT2D eigenvalue weighted by Gasteiger charge is 2.34. The summed E-state index contributed by atoms with van der Waals surface area (Å²) in [7, 11) is 1.55. The van der Waals surface area contributed by atoms with Crippen LogP contribution in [0.3, 0.4) is 0 Å². The average Bonchev–Trinajstić information content (AvgIpc) is 2.86. The van der Waals surface area contributed by atoms with Gasteiger partial charge in [0.2, 0.25) is 0 Å². The lowest BCUT2D eigenvalue weighted by Gasteiger charge is -2.12. The largest absolute Gasteiger partial charge is 0.505 e. The number of anilines is 1. The van der Waals surface area contributed by atoms with Gasteiger partial charge in [0, 0.05) is 0 Å². The molecular formula is C17H11Cl2NO4S. The molecule has 3 rings (SSSR count). The lowest BCUT2D eigenvalue weighted by molar-refractivity contribution is -0.114. The first-order valence-corrected chi connectivity index (χ1v) is 8.17. The molecule has 0 spiro atoms. The van der Waals surface area contributed by atoms with Crippen LogP contribution in [0.15, 0.2) is 42.2 Å². The molecule has 8 heteroatoms. The van der Waals surface area contributed by atoms with Gasteiger partial charge >= 0.3 is 5.91 Å². The van der Waals surface area contributed by atoms with E-state index in [1.165, 1.54) is 23.1 Å². The van der Waals surface area contributed by atoms with E-state index in [-0.39, 0.29) is 26.7 Å². The first kappa shape index (κ1) is 17.5. The first-order valence-electron chi connectivity index (χ1n) is 7.00. The highest BCUT2D eigenvalue weighted by atomic mass is 35.5. The normalized spacial score (nSPS) is 15.6. The van der Waals surface area contributed by atoms with Crippen molar-refractivity contribution in [2.24, 2.45) is 0 Å². The van der Waals surface area contributed by atoms with Crippen LogP contribution in [-0.2, 0) is 9.53 Å². The topological polar surface area (TPSA) is 59.0 Å². The molecule has 2 aromatic rings. The summed E-state index contributed by atoms with van der Waals surface area (Å²) >= 11 is 16.9. The fourth-order valence-corrected chi connectivity index (χ4v) is 3.02. The maximum Gasteiger partial charge on any atom is 0.301 e. The smallest absolute Gasteiger partial charge is 0.301 e. The Kier molecular flexibility index (Phi) is 4.85. The molecule has 0 saturated carbocycles. The number of carbonyl (C=O) groups is 1. The molecule has 0 bridgehead atoms. The van der Waals surface area contributed by atoms with Crippen LogP contribution < -0.4 is 9.64 Å². The number of rotatable bonds is 3. The Bertz CT molecular complexity index is 873. The van der Waals surface area contributed by atoms with Crippen LogP contribution in [0.5, 0.6) is 11.5 Å². The Balaban J connectivity index is 1.92. The van der Waals surface area contributed by atoms with Crippen molar-refractivity contribution in [1.82, 2.24) is 0 Å². The quantitative estimate of drug-likeness (QED) is 0.616. The van der Waals surface area contributed by atoms with E-state index in [9.17, 15) is 9.90 Å². The van der Waals surface area contributed by atoms with Crippen molar-refractivity contribution in [3.63, 3.8) is 0 Å². The molecule has 2 aromatic carbocycles. The van der Waals surface area contributed by atoms with Gasteiger partial charge in [0.15, 0.2) is 11.5 Å². The second-order valence-electron chi connectivity index (χ2n) is 5.05. The van der Waals surface area contributed by atoms with Gasteiger partial charge in [-0.25, -0.2) is 4.90 Å². The summed E-state index contributed by atoms with van der Waals surface area (Å²) in [6.45, 7) is 0. The second-order valence-corrected chi connectivity index (χ2v) is 6.21. The number of benzene rings is 2. The minimum Gasteiger partial charge on any atom is -0.505 e. The van der Waals surface area contributed by atoms with Crippen molar-refractivity contribution in [3.8, 4) is 11.5 Å². The average molecular weight is 396 g/mol. The summed E-state index contributed by atoms with van der Waals surface area (Å²) < 4.78 is 10.5. The van der Waals surface area contributed by atoms with Crippen molar-refractivity contribution in [3.05, 3.63) is 57.8 Å². The Morgan fingerprint density at radius 1 is 1.20 bits per heavy atom. The van der Waals surface area contributed by atoms with E-state index >= 15 is 0 Å². The summed E-state index contributed by atoms with van der Waals surface area (Å²) in [6, 6.07) is 9.75. The third kappa shape index (κ3) is 3.42. The molecule has 1 saturated heterocycles. The van der Waals surface area contributed by atoms with Gasteiger partial charge in [-0.05, 0) is 60.3 Å². The maximum absolute atomic E-state index is 12.6. The number of aromatic hydroxyl groups is 1. The van der Waals surface area contributed by atoms with Gasteiger partial charge in [0.25, 0.3) is 5.17 Å². The predicted molar refractivity (Wildman–Crippen MR) is 100 cm³/mol. The first-order chi connectivity index (χ1) is 11.9. The van der Waals surface area contributed by atoms with E-state index in [0.29, 0.717) is 17.0 Å². The molecule has 1 aliphatic heterocycles. The number of phenolic OH excluding ortho intramolecular Hbond substituents is 1. The Morgan fingerprint density at radius 2 is 1.80 bits per heavy atom. The van der Waals surface area contributed by atoms with Crippen LogP contribution in [0, 0.1) is 0 Å². The van der Waals surface area contributed by atoms with Crippen molar-refractivity contribution in [2.45, 2.75) is 0 Å². The molecule has 1 N–H and O–H groups in total. The van der Waals surface area contributed by atoms with Crippen molar-refractivity contribution >= 4 is 58.3 Å². The molecule has 1 fully saturated rings. The molecule has 1 heterocycles. The van der Waals surface area contributed by atoms with Crippen molar-refractivity contribution < 1.29 is 19.4 Å². The van der Waals surface area contributed by atoms with Gasteiger partial charge in [-0.3, -0.25) is 4.79 Å². The standard InChI is InChI=1S/C17H11Cl2NO4S/c1-23-11-4-2-10(3-5-11)20-16(22)14(24-17(20)25)8-9-6-12(18)15(21)13(19)7-9/h2-8,21H,1H3/b14-8-. The van der Waals surface area contributed by atoms with Crippen LogP contribution >= 0.6 is 35.4 Å². The van der Waals surface area contributed by atoms with Crippen LogP contribution in [0.4, 0.5) is 5.69 Å². The van der Waals surface area contributed by atoms with Gasteiger partial charge in [-0.15, -0.1) is 0 Å². The summed E-state index contributed by atoms with van der Waals surface area (Å²) in [4.78, 5) is 13.9. The summed E-state index contributed by atoms with van der Waals surface area (Å²) in [5, 5.41) is 9.75. The van der Waals surface area contributed by atoms with Gasteiger partial charge in [0.1, 0.15) is 5.75 Å². The van der Waals surface area contributed by atoms with E-state index in [2.05, 4.69) is 0 Å². The third-order valence-corrected chi connectivity index (χ3v) is 4.30. The molecule has 0 unspecified atom stereocenters. The SMILES string of the molecule is COc1ccc(N2C(=O)/C(=C/c3cc(Cl)c(O)c(Cl)c3)OC2=S)cc1. The second kappa shape index (κ2) is 6.92. The fourth-order valence-electron chi connectivity index (χ4n) is 2.24. The number of phenols is 1. The van der Waals surface area contributed by atoms with E-state index in [4.69, 9.17) is 44.9 Å². The monoisotopic (exact) mass is 395 g/mol.